The summed E-state index contributed by atoms with van der Waals surface area (Å²) in [6.07, 6.45) is 75.7. The van der Waals surface area contributed by atoms with Gasteiger partial charge >= 0.3 is 17.9 Å². The highest BCUT2D eigenvalue weighted by molar-refractivity contribution is 5.71. The average Bonchev–Trinajstić information content (AvgIpc) is 3.36. The van der Waals surface area contributed by atoms with Crippen molar-refractivity contribution in [1.82, 2.24) is 0 Å². The third kappa shape index (κ3) is 55.5. The summed E-state index contributed by atoms with van der Waals surface area (Å²) >= 11 is 0. The van der Waals surface area contributed by atoms with Gasteiger partial charge < -0.3 is 14.2 Å². The second-order valence-corrected chi connectivity index (χ2v) is 19.7. The first-order valence-electron chi connectivity index (χ1n) is 29.7. The van der Waals surface area contributed by atoms with Crippen LogP contribution >= 0.6 is 0 Å². The van der Waals surface area contributed by atoms with Crippen LogP contribution in [0, 0.1) is 0 Å². The Morgan fingerprint density at radius 2 is 0.571 bits per heavy atom. The summed E-state index contributed by atoms with van der Waals surface area (Å²) in [5, 5.41) is 0. The van der Waals surface area contributed by atoms with E-state index in [-0.39, 0.29) is 37.5 Å². The average molecular weight is 976 g/mol. The molecule has 402 valence electrons. The van der Waals surface area contributed by atoms with Crippen LogP contribution in [-0.4, -0.2) is 37.2 Å². The van der Waals surface area contributed by atoms with Gasteiger partial charge in [0.2, 0.25) is 0 Å². The van der Waals surface area contributed by atoms with Gasteiger partial charge in [-0.15, -0.1) is 0 Å². The first kappa shape index (κ1) is 66.6. The van der Waals surface area contributed by atoms with Crippen LogP contribution < -0.4 is 0 Å². The summed E-state index contributed by atoms with van der Waals surface area (Å²) in [6.45, 7) is 6.48. The number of carbonyl (C=O) groups is 3. The maximum Gasteiger partial charge on any atom is 0.306 e. The molecule has 0 saturated carbocycles. The maximum absolute atomic E-state index is 12.9. The van der Waals surface area contributed by atoms with E-state index < -0.39 is 6.10 Å². The van der Waals surface area contributed by atoms with Crippen LogP contribution in [0.15, 0.2) is 85.1 Å². The van der Waals surface area contributed by atoms with Crippen LogP contribution in [0.3, 0.4) is 0 Å². The van der Waals surface area contributed by atoms with Crippen molar-refractivity contribution in [3.8, 4) is 0 Å². The summed E-state index contributed by atoms with van der Waals surface area (Å²) in [5.41, 5.74) is 0. The van der Waals surface area contributed by atoms with Gasteiger partial charge in [0.15, 0.2) is 6.10 Å². The number of hydrogen-bond acceptors (Lipinski definition) is 6. The van der Waals surface area contributed by atoms with Crippen LogP contribution in [0.5, 0.6) is 0 Å². The first-order valence-corrected chi connectivity index (χ1v) is 29.7. The Balaban J connectivity index is 4.45. The van der Waals surface area contributed by atoms with E-state index in [9.17, 15) is 14.4 Å². The van der Waals surface area contributed by atoms with Crippen molar-refractivity contribution in [1.29, 1.82) is 0 Å². The van der Waals surface area contributed by atoms with Crippen LogP contribution in [0.1, 0.15) is 284 Å². The lowest BCUT2D eigenvalue weighted by Crippen LogP contribution is -2.30. The van der Waals surface area contributed by atoms with Gasteiger partial charge in [0.25, 0.3) is 0 Å². The molecule has 1 atom stereocenters. The quantitative estimate of drug-likeness (QED) is 0.0199. The lowest BCUT2D eigenvalue weighted by molar-refractivity contribution is -0.167. The third-order valence-electron chi connectivity index (χ3n) is 12.8. The van der Waals surface area contributed by atoms with Gasteiger partial charge in [-0.1, -0.05) is 286 Å². The van der Waals surface area contributed by atoms with E-state index in [1.165, 1.54) is 173 Å². The third-order valence-corrected chi connectivity index (χ3v) is 12.8. The van der Waals surface area contributed by atoms with Crippen molar-refractivity contribution in [3.05, 3.63) is 85.1 Å². The topological polar surface area (TPSA) is 78.9 Å². The molecule has 0 fully saturated rings. The van der Waals surface area contributed by atoms with E-state index >= 15 is 0 Å². The van der Waals surface area contributed by atoms with Gasteiger partial charge in [-0.25, -0.2) is 0 Å². The molecule has 0 spiro atoms. The van der Waals surface area contributed by atoms with E-state index in [2.05, 4.69) is 45.1 Å². The minimum absolute atomic E-state index is 0.0940. The lowest BCUT2D eigenvalue weighted by Gasteiger charge is -2.18. The van der Waals surface area contributed by atoms with Gasteiger partial charge in [0.1, 0.15) is 13.2 Å². The van der Waals surface area contributed by atoms with Crippen LogP contribution in [0.4, 0.5) is 0 Å². The zero-order valence-corrected chi connectivity index (χ0v) is 46.0. The number of rotatable bonds is 53. The standard InChI is InChI=1S/C64H110O6/c1-4-7-10-13-16-19-22-25-28-31-32-34-36-39-42-45-48-51-54-57-63(66)69-60-61(59-68-62(65)56-53-50-47-44-41-38-35-30-27-24-21-18-15-12-9-6-3)70-64(67)58-55-52-49-46-43-40-37-33-29-26-23-20-17-14-11-8-5-2/h8,11,14,17,20,23,26,29,31-33,37,40,43,61H,4-7,9-10,12-13,15-16,18-19,21-22,24-25,27-28,30,34-36,38-39,41-42,44-60H2,1-3H3/b11-8-,17-14-,23-20-,29-26-,32-31-,37-33+,43-40-. The van der Waals surface area contributed by atoms with Crippen LogP contribution in [0.2, 0.25) is 0 Å². The summed E-state index contributed by atoms with van der Waals surface area (Å²) in [4.78, 5) is 38.2. The van der Waals surface area contributed by atoms with Crippen LogP contribution in [-0.2, 0) is 28.6 Å². The monoisotopic (exact) mass is 975 g/mol. The van der Waals surface area contributed by atoms with Gasteiger partial charge in [0.05, 0.1) is 0 Å². The fourth-order valence-corrected chi connectivity index (χ4v) is 8.35. The summed E-state index contributed by atoms with van der Waals surface area (Å²) < 4.78 is 16.9. The zero-order valence-electron chi connectivity index (χ0n) is 46.0. The molecule has 0 radical (unpaired) electrons. The molecule has 0 bridgehead atoms. The predicted molar refractivity (Wildman–Crippen MR) is 302 cm³/mol. The Kier molecular flexibility index (Phi) is 55.3. The van der Waals surface area contributed by atoms with Crippen molar-refractivity contribution in [2.45, 2.75) is 290 Å². The maximum atomic E-state index is 12.9. The Morgan fingerprint density at radius 3 is 0.929 bits per heavy atom. The second-order valence-electron chi connectivity index (χ2n) is 19.7. The molecular formula is C64H110O6. The normalized spacial score (nSPS) is 12.7. The summed E-state index contributed by atoms with van der Waals surface area (Å²) in [6, 6.07) is 0. The van der Waals surface area contributed by atoms with E-state index in [4.69, 9.17) is 14.2 Å². The van der Waals surface area contributed by atoms with Crippen molar-refractivity contribution < 1.29 is 28.6 Å². The van der Waals surface area contributed by atoms with Crippen molar-refractivity contribution >= 4 is 17.9 Å². The van der Waals surface area contributed by atoms with Crippen LogP contribution in [0.25, 0.3) is 0 Å². The molecule has 0 amide bonds. The van der Waals surface area contributed by atoms with Gasteiger partial charge in [-0.2, -0.15) is 0 Å². The zero-order chi connectivity index (χ0) is 50.7. The molecule has 0 aliphatic rings. The molecule has 0 aromatic carbocycles. The largest absolute Gasteiger partial charge is 0.462 e. The molecule has 0 aromatic heterocycles. The van der Waals surface area contributed by atoms with E-state index in [0.29, 0.717) is 19.3 Å². The van der Waals surface area contributed by atoms with Gasteiger partial charge in [-0.3, -0.25) is 14.4 Å². The predicted octanol–water partition coefficient (Wildman–Crippen LogP) is 19.9. The number of allylic oxidation sites excluding steroid dienone is 14. The number of carbonyl (C=O) groups excluding carboxylic acids is 3. The molecule has 0 aliphatic carbocycles. The van der Waals surface area contributed by atoms with E-state index in [1.54, 1.807) is 0 Å². The fourth-order valence-electron chi connectivity index (χ4n) is 8.35. The number of esters is 3. The molecule has 6 nitrogen and oxygen atoms in total. The Hall–Kier alpha value is -3.41. The Bertz CT molecular complexity index is 1350. The molecule has 0 aromatic rings. The number of hydrogen-bond donors (Lipinski definition) is 0. The highest BCUT2D eigenvalue weighted by atomic mass is 16.6. The van der Waals surface area contributed by atoms with E-state index in [1.807, 2.05) is 60.8 Å². The molecule has 70 heavy (non-hydrogen) atoms. The molecule has 0 aliphatic heterocycles. The lowest BCUT2D eigenvalue weighted by atomic mass is 10.0. The second kappa shape index (κ2) is 58.2. The van der Waals surface area contributed by atoms with Crippen molar-refractivity contribution in [2.75, 3.05) is 13.2 Å². The molecule has 6 heteroatoms. The highest BCUT2D eigenvalue weighted by Crippen LogP contribution is 2.16. The molecule has 1 unspecified atom stereocenters. The molecule has 0 N–H and O–H groups in total. The fraction of sp³-hybridized carbons (Fsp3) is 0.734. The number of ether oxygens (including phenoxy) is 3. The Labute approximate surface area is 433 Å². The van der Waals surface area contributed by atoms with Gasteiger partial charge in [0, 0.05) is 19.3 Å². The minimum Gasteiger partial charge on any atom is -0.462 e. The van der Waals surface area contributed by atoms with E-state index in [0.717, 1.165) is 64.2 Å². The van der Waals surface area contributed by atoms with Crippen molar-refractivity contribution in [2.24, 2.45) is 0 Å². The molecule has 0 rings (SSSR count). The molecular weight excluding hydrogens is 865 g/mol. The molecule has 0 saturated heterocycles. The molecule has 0 heterocycles. The first-order chi connectivity index (χ1) is 34.5. The van der Waals surface area contributed by atoms with Gasteiger partial charge in [-0.05, 0) is 64.2 Å². The van der Waals surface area contributed by atoms with Crippen molar-refractivity contribution in [3.63, 3.8) is 0 Å². The summed E-state index contributed by atoms with van der Waals surface area (Å²) in [7, 11) is 0. The highest BCUT2D eigenvalue weighted by Gasteiger charge is 2.19. The Morgan fingerprint density at radius 1 is 0.300 bits per heavy atom. The SMILES string of the molecule is CC\C=C/C=C\C=C/C=C\C=C\C=C/CCCCCC(=O)OC(COC(=O)CCCCCCCCC/C=C\CCCCCCCCCC)COC(=O)CCCCCCCCCCCCCCCCCC. The smallest absolute Gasteiger partial charge is 0.306 e. The number of unbranched alkanes of at least 4 members (excludes halogenated alkanes) is 33. The summed E-state index contributed by atoms with van der Waals surface area (Å²) in [5.74, 6) is -0.932. The minimum atomic E-state index is -0.801.